The first-order valence-corrected chi connectivity index (χ1v) is 8.36. The Morgan fingerprint density at radius 2 is 1.96 bits per heavy atom. The fourth-order valence-electron chi connectivity index (χ4n) is 2.40. The lowest BCUT2D eigenvalue weighted by atomic mass is 10.1. The van der Waals surface area contributed by atoms with Gasteiger partial charge in [-0.15, -0.1) is 0 Å². The first-order chi connectivity index (χ1) is 12.1. The van der Waals surface area contributed by atoms with Gasteiger partial charge in [0.2, 0.25) is 0 Å². The van der Waals surface area contributed by atoms with Gasteiger partial charge in [0.05, 0.1) is 12.3 Å². The molecular formula is C20H18ClNO3. The Hall–Kier alpha value is -2.72. The lowest BCUT2D eigenvalue weighted by molar-refractivity contribution is 0.0997. The SMILES string of the molecule is CCOc1ccccc1NC(=O)c1ccc(-c2ccc(C)c(Cl)c2)o1. The Kier molecular flexibility index (Phi) is 5.10. The van der Waals surface area contributed by atoms with E-state index in [9.17, 15) is 4.79 Å². The van der Waals surface area contributed by atoms with Crippen LogP contribution in [0.3, 0.4) is 0 Å². The Morgan fingerprint density at radius 1 is 1.16 bits per heavy atom. The zero-order valence-electron chi connectivity index (χ0n) is 14.0. The molecule has 4 nitrogen and oxygen atoms in total. The van der Waals surface area contributed by atoms with Gasteiger partial charge >= 0.3 is 0 Å². The third-order valence-electron chi connectivity index (χ3n) is 3.72. The Labute approximate surface area is 151 Å². The smallest absolute Gasteiger partial charge is 0.291 e. The van der Waals surface area contributed by atoms with Gasteiger partial charge in [-0.2, -0.15) is 0 Å². The predicted molar refractivity (Wildman–Crippen MR) is 99.5 cm³/mol. The molecule has 0 saturated carbocycles. The number of para-hydroxylation sites is 2. The van der Waals surface area contributed by atoms with Crippen LogP contribution in [0.25, 0.3) is 11.3 Å². The van der Waals surface area contributed by atoms with Crippen LogP contribution in [0, 0.1) is 6.92 Å². The molecule has 5 heteroatoms. The zero-order chi connectivity index (χ0) is 17.8. The van der Waals surface area contributed by atoms with E-state index in [2.05, 4.69) is 5.32 Å². The van der Waals surface area contributed by atoms with E-state index < -0.39 is 0 Å². The number of hydrogen-bond acceptors (Lipinski definition) is 3. The maximum absolute atomic E-state index is 12.4. The monoisotopic (exact) mass is 355 g/mol. The number of halogens is 1. The highest BCUT2D eigenvalue weighted by atomic mass is 35.5. The summed E-state index contributed by atoms with van der Waals surface area (Å²) in [6.07, 6.45) is 0. The molecule has 1 N–H and O–H groups in total. The highest BCUT2D eigenvalue weighted by Gasteiger charge is 2.15. The highest BCUT2D eigenvalue weighted by Crippen LogP contribution is 2.28. The average molecular weight is 356 g/mol. The van der Waals surface area contributed by atoms with Gasteiger partial charge in [-0.05, 0) is 49.7 Å². The molecule has 2 aromatic carbocycles. The van der Waals surface area contributed by atoms with Gasteiger partial charge in [0.1, 0.15) is 11.5 Å². The van der Waals surface area contributed by atoms with E-state index in [1.54, 1.807) is 24.3 Å². The normalized spacial score (nSPS) is 10.5. The molecule has 0 atom stereocenters. The van der Waals surface area contributed by atoms with Gasteiger partial charge in [0.15, 0.2) is 5.76 Å². The number of benzene rings is 2. The first-order valence-electron chi connectivity index (χ1n) is 7.98. The molecule has 0 saturated heterocycles. The third-order valence-corrected chi connectivity index (χ3v) is 4.13. The van der Waals surface area contributed by atoms with Crippen molar-refractivity contribution in [2.45, 2.75) is 13.8 Å². The van der Waals surface area contributed by atoms with Crippen LogP contribution in [0.15, 0.2) is 59.0 Å². The summed E-state index contributed by atoms with van der Waals surface area (Å²) in [6, 6.07) is 16.3. The van der Waals surface area contributed by atoms with Crippen LogP contribution in [-0.2, 0) is 0 Å². The Bertz CT molecular complexity index is 901. The summed E-state index contributed by atoms with van der Waals surface area (Å²) in [7, 11) is 0. The summed E-state index contributed by atoms with van der Waals surface area (Å²) in [5, 5.41) is 3.47. The van der Waals surface area contributed by atoms with Crippen molar-refractivity contribution in [1.82, 2.24) is 0 Å². The number of nitrogens with one attached hydrogen (secondary N) is 1. The van der Waals surface area contributed by atoms with Crippen molar-refractivity contribution in [1.29, 1.82) is 0 Å². The molecule has 0 aliphatic heterocycles. The molecule has 25 heavy (non-hydrogen) atoms. The summed E-state index contributed by atoms with van der Waals surface area (Å²) in [6.45, 7) is 4.35. The van der Waals surface area contributed by atoms with Crippen molar-refractivity contribution >= 4 is 23.2 Å². The van der Waals surface area contributed by atoms with Crippen molar-refractivity contribution in [3.05, 3.63) is 70.9 Å². The van der Waals surface area contributed by atoms with Gasteiger partial charge in [-0.3, -0.25) is 4.79 Å². The quantitative estimate of drug-likeness (QED) is 0.651. The average Bonchev–Trinajstić information content (AvgIpc) is 3.09. The number of rotatable bonds is 5. The summed E-state index contributed by atoms with van der Waals surface area (Å²) in [5.74, 6) is 1.09. The van der Waals surface area contributed by atoms with E-state index in [0.717, 1.165) is 11.1 Å². The number of anilines is 1. The summed E-state index contributed by atoms with van der Waals surface area (Å²) < 4.78 is 11.2. The molecule has 0 spiro atoms. The molecule has 1 amide bonds. The summed E-state index contributed by atoms with van der Waals surface area (Å²) in [4.78, 5) is 12.4. The molecule has 0 radical (unpaired) electrons. The molecular weight excluding hydrogens is 338 g/mol. The molecule has 0 aliphatic rings. The van der Waals surface area contributed by atoms with E-state index in [1.807, 2.05) is 44.2 Å². The minimum atomic E-state index is -0.336. The van der Waals surface area contributed by atoms with Gasteiger partial charge in [0.25, 0.3) is 5.91 Å². The van der Waals surface area contributed by atoms with E-state index >= 15 is 0 Å². The lowest BCUT2D eigenvalue weighted by Crippen LogP contribution is -2.12. The highest BCUT2D eigenvalue weighted by molar-refractivity contribution is 6.31. The fraction of sp³-hybridized carbons (Fsp3) is 0.150. The maximum Gasteiger partial charge on any atom is 0.291 e. The molecule has 1 heterocycles. The molecule has 3 rings (SSSR count). The van der Waals surface area contributed by atoms with Crippen LogP contribution >= 0.6 is 11.6 Å². The van der Waals surface area contributed by atoms with Crippen LogP contribution in [0.2, 0.25) is 5.02 Å². The van der Waals surface area contributed by atoms with E-state index in [0.29, 0.717) is 28.8 Å². The minimum absolute atomic E-state index is 0.220. The van der Waals surface area contributed by atoms with Crippen LogP contribution in [-0.4, -0.2) is 12.5 Å². The van der Waals surface area contributed by atoms with Crippen LogP contribution in [0.1, 0.15) is 23.0 Å². The first kappa shape index (κ1) is 17.1. The largest absolute Gasteiger partial charge is 0.492 e. The van der Waals surface area contributed by atoms with Crippen LogP contribution < -0.4 is 10.1 Å². The minimum Gasteiger partial charge on any atom is -0.492 e. The second-order valence-corrected chi connectivity index (χ2v) is 5.92. The summed E-state index contributed by atoms with van der Waals surface area (Å²) in [5.41, 5.74) is 2.41. The van der Waals surface area contributed by atoms with Gasteiger partial charge in [0, 0.05) is 10.6 Å². The van der Waals surface area contributed by atoms with Crippen LogP contribution in [0.5, 0.6) is 5.75 Å². The van der Waals surface area contributed by atoms with Crippen molar-refractivity contribution < 1.29 is 13.9 Å². The molecule has 0 unspecified atom stereocenters. The van der Waals surface area contributed by atoms with Gasteiger partial charge in [-0.1, -0.05) is 35.9 Å². The maximum atomic E-state index is 12.4. The Morgan fingerprint density at radius 3 is 2.72 bits per heavy atom. The molecule has 3 aromatic rings. The number of amides is 1. The summed E-state index contributed by atoms with van der Waals surface area (Å²) >= 11 is 6.15. The number of aryl methyl sites for hydroxylation is 1. The van der Waals surface area contributed by atoms with Gasteiger partial charge in [-0.25, -0.2) is 0 Å². The Balaban J connectivity index is 1.80. The number of ether oxygens (including phenoxy) is 1. The molecule has 128 valence electrons. The number of hydrogen-bond donors (Lipinski definition) is 1. The van der Waals surface area contributed by atoms with Crippen molar-refractivity contribution in [2.24, 2.45) is 0 Å². The number of carbonyl (C=O) groups is 1. The topological polar surface area (TPSA) is 51.5 Å². The second kappa shape index (κ2) is 7.45. The van der Waals surface area contributed by atoms with E-state index in [1.165, 1.54) is 0 Å². The van der Waals surface area contributed by atoms with E-state index in [4.69, 9.17) is 20.8 Å². The molecule has 1 aromatic heterocycles. The number of carbonyl (C=O) groups excluding carboxylic acids is 1. The molecule has 0 aliphatic carbocycles. The molecule has 0 bridgehead atoms. The van der Waals surface area contributed by atoms with Crippen molar-refractivity contribution in [3.63, 3.8) is 0 Å². The van der Waals surface area contributed by atoms with E-state index in [-0.39, 0.29) is 11.7 Å². The fourth-order valence-corrected chi connectivity index (χ4v) is 2.58. The van der Waals surface area contributed by atoms with Crippen molar-refractivity contribution in [3.8, 4) is 17.1 Å². The van der Waals surface area contributed by atoms with Crippen LogP contribution in [0.4, 0.5) is 5.69 Å². The third kappa shape index (κ3) is 3.86. The molecule has 0 fully saturated rings. The lowest BCUT2D eigenvalue weighted by Gasteiger charge is -2.10. The zero-order valence-corrected chi connectivity index (χ0v) is 14.8. The van der Waals surface area contributed by atoms with Crippen molar-refractivity contribution in [2.75, 3.05) is 11.9 Å². The predicted octanol–water partition coefficient (Wildman–Crippen LogP) is 5.56. The van der Waals surface area contributed by atoms with Gasteiger partial charge < -0.3 is 14.5 Å². The standard InChI is InChI=1S/C20H18ClNO3/c1-3-24-18-7-5-4-6-16(18)22-20(23)19-11-10-17(25-19)14-9-8-13(2)15(21)12-14/h4-12H,3H2,1-2H3,(H,22,23). The number of furan rings is 1. The second-order valence-electron chi connectivity index (χ2n) is 5.51.